The van der Waals surface area contributed by atoms with Crippen molar-refractivity contribution in [3.05, 3.63) is 35.9 Å². The zero-order chi connectivity index (χ0) is 16.5. The maximum absolute atomic E-state index is 4.81. The normalized spacial score (nSPS) is 17.9. The van der Waals surface area contributed by atoms with Gasteiger partial charge in [-0.05, 0) is 44.8 Å². The molecule has 1 saturated heterocycles. The van der Waals surface area contributed by atoms with Gasteiger partial charge < -0.3 is 15.1 Å². The molecule has 1 fully saturated rings. The first-order valence-corrected chi connectivity index (χ1v) is 8.98. The van der Waals surface area contributed by atoms with E-state index in [-0.39, 0.29) is 24.0 Å². The first kappa shape index (κ1) is 21.2. The second-order valence-electron chi connectivity index (χ2n) is 6.42. The maximum Gasteiger partial charge on any atom is 0.193 e. The highest BCUT2D eigenvalue weighted by Gasteiger charge is 2.24. The van der Waals surface area contributed by atoms with E-state index in [0.717, 1.165) is 51.1 Å². The highest BCUT2D eigenvalue weighted by molar-refractivity contribution is 14.0. The van der Waals surface area contributed by atoms with Crippen molar-refractivity contribution < 1.29 is 0 Å². The predicted molar refractivity (Wildman–Crippen MR) is 114 cm³/mol. The number of likely N-dealkylation sites (N-methyl/N-ethyl adjacent to an activating group) is 1. The number of hydrogen-bond donors (Lipinski definition) is 1. The van der Waals surface area contributed by atoms with Gasteiger partial charge in [0.25, 0.3) is 0 Å². The Balaban J connectivity index is 0.00000288. The minimum Gasteiger partial charge on any atom is -0.357 e. The van der Waals surface area contributed by atoms with Crippen LogP contribution in [0, 0.1) is 5.92 Å². The number of benzene rings is 1. The molecule has 1 aliphatic rings. The molecule has 24 heavy (non-hydrogen) atoms. The molecule has 0 aromatic heterocycles. The van der Waals surface area contributed by atoms with Crippen LogP contribution in [-0.2, 0) is 6.42 Å². The molecule has 0 bridgehead atoms. The number of halogens is 1. The van der Waals surface area contributed by atoms with Gasteiger partial charge in [-0.3, -0.25) is 4.99 Å². The second kappa shape index (κ2) is 11.7. The quantitative estimate of drug-likeness (QED) is 0.399. The van der Waals surface area contributed by atoms with Crippen LogP contribution < -0.4 is 5.32 Å². The molecule has 4 nitrogen and oxygen atoms in total. The van der Waals surface area contributed by atoms with Gasteiger partial charge >= 0.3 is 0 Å². The number of likely N-dealkylation sites (tertiary alicyclic amines) is 1. The van der Waals surface area contributed by atoms with E-state index in [4.69, 9.17) is 4.99 Å². The van der Waals surface area contributed by atoms with Crippen molar-refractivity contribution >= 4 is 29.9 Å². The Hall–Kier alpha value is -0.820. The molecule has 1 N–H and O–H groups in total. The van der Waals surface area contributed by atoms with Crippen molar-refractivity contribution in [2.24, 2.45) is 10.9 Å². The summed E-state index contributed by atoms with van der Waals surface area (Å²) in [4.78, 5) is 9.55. The minimum atomic E-state index is 0. The minimum absolute atomic E-state index is 0. The van der Waals surface area contributed by atoms with Crippen LogP contribution in [0.2, 0.25) is 0 Å². The van der Waals surface area contributed by atoms with Gasteiger partial charge in [-0.25, -0.2) is 0 Å². The van der Waals surface area contributed by atoms with E-state index in [9.17, 15) is 0 Å². The van der Waals surface area contributed by atoms with Crippen molar-refractivity contribution in [3.63, 3.8) is 0 Å². The van der Waals surface area contributed by atoms with Gasteiger partial charge in [0.05, 0.1) is 6.54 Å². The number of aliphatic imine (C=N–C) groups is 1. The van der Waals surface area contributed by atoms with Crippen molar-refractivity contribution in [3.8, 4) is 0 Å². The van der Waals surface area contributed by atoms with E-state index >= 15 is 0 Å². The van der Waals surface area contributed by atoms with Crippen LogP contribution in [0.1, 0.15) is 25.8 Å². The lowest BCUT2D eigenvalue weighted by Crippen LogP contribution is -2.40. The highest BCUT2D eigenvalue weighted by Crippen LogP contribution is 2.20. The summed E-state index contributed by atoms with van der Waals surface area (Å²) in [5.74, 6) is 1.83. The van der Waals surface area contributed by atoms with E-state index in [2.05, 4.69) is 66.3 Å². The fourth-order valence-corrected chi connectivity index (χ4v) is 3.05. The fourth-order valence-electron chi connectivity index (χ4n) is 3.05. The van der Waals surface area contributed by atoms with Crippen molar-refractivity contribution in [1.29, 1.82) is 0 Å². The van der Waals surface area contributed by atoms with Gasteiger partial charge in [-0.2, -0.15) is 0 Å². The molecule has 0 amide bonds. The largest absolute Gasteiger partial charge is 0.357 e. The molecule has 1 aromatic carbocycles. The molecular formula is C19H33IN4. The molecule has 1 heterocycles. The summed E-state index contributed by atoms with van der Waals surface area (Å²) < 4.78 is 0. The molecule has 0 spiro atoms. The smallest absolute Gasteiger partial charge is 0.193 e. The summed E-state index contributed by atoms with van der Waals surface area (Å²) in [6.45, 7) is 10.5. The molecule has 2 rings (SSSR count). The van der Waals surface area contributed by atoms with E-state index < -0.39 is 0 Å². The number of nitrogens with one attached hydrogen (secondary N) is 1. The Bertz CT molecular complexity index is 478. The lowest BCUT2D eigenvalue weighted by molar-refractivity contribution is 0.361. The van der Waals surface area contributed by atoms with Gasteiger partial charge in [-0.1, -0.05) is 37.3 Å². The molecule has 1 aliphatic heterocycles. The van der Waals surface area contributed by atoms with E-state index in [1.54, 1.807) is 0 Å². The Kier molecular flexibility index (Phi) is 10.3. The van der Waals surface area contributed by atoms with Crippen LogP contribution in [-0.4, -0.2) is 62.1 Å². The summed E-state index contributed by atoms with van der Waals surface area (Å²) >= 11 is 0. The van der Waals surface area contributed by atoms with Gasteiger partial charge in [0.15, 0.2) is 5.96 Å². The molecule has 1 atom stereocenters. The lowest BCUT2D eigenvalue weighted by atomic mass is 9.99. The predicted octanol–water partition coefficient (Wildman–Crippen LogP) is 3.09. The summed E-state index contributed by atoms with van der Waals surface area (Å²) in [5.41, 5.74) is 1.45. The molecule has 5 heteroatoms. The Labute approximate surface area is 164 Å². The Morgan fingerprint density at radius 1 is 1.29 bits per heavy atom. The van der Waals surface area contributed by atoms with Crippen LogP contribution in [0.3, 0.4) is 0 Å². The topological polar surface area (TPSA) is 30.9 Å². The SMILES string of the molecule is CCNC(=NCCN(C)CC)N1CCC(Cc2ccccc2)C1.I. The summed E-state index contributed by atoms with van der Waals surface area (Å²) in [5, 5.41) is 3.46. The average Bonchev–Trinajstić information content (AvgIpc) is 3.03. The van der Waals surface area contributed by atoms with Gasteiger partial charge in [0.2, 0.25) is 0 Å². The number of guanidine groups is 1. The number of rotatable bonds is 7. The van der Waals surface area contributed by atoms with Crippen LogP contribution in [0.15, 0.2) is 35.3 Å². The summed E-state index contributed by atoms with van der Waals surface area (Å²) in [6, 6.07) is 10.8. The van der Waals surface area contributed by atoms with Crippen molar-refractivity contribution in [2.75, 3.05) is 46.3 Å². The Morgan fingerprint density at radius 2 is 2.04 bits per heavy atom. The van der Waals surface area contributed by atoms with E-state index in [1.165, 1.54) is 18.4 Å². The third-order valence-corrected chi connectivity index (χ3v) is 4.57. The molecular weight excluding hydrogens is 411 g/mol. The monoisotopic (exact) mass is 444 g/mol. The Morgan fingerprint density at radius 3 is 2.71 bits per heavy atom. The van der Waals surface area contributed by atoms with Crippen molar-refractivity contribution in [2.45, 2.75) is 26.7 Å². The van der Waals surface area contributed by atoms with E-state index in [1.807, 2.05) is 0 Å². The molecule has 0 radical (unpaired) electrons. The van der Waals surface area contributed by atoms with Crippen LogP contribution >= 0.6 is 24.0 Å². The van der Waals surface area contributed by atoms with Crippen LogP contribution in [0.25, 0.3) is 0 Å². The summed E-state index contributed by atoms with van der Waals surface area (Å²) in [6.07, 6.45) is 2.43. The van der Waals surface area contributed by atoms with Gasteiger partial charge in [0, 0.05) is 26.2 Å². The number of nitrogens with zero attached hydrogens (tertiary/aromatic N) is 3. The molecule has 0 aliphatic carbocycles. The lowest BCUT2D eigenvalue weighted by Gasteiger charge is -2.22. The first-order valence-electron chi connectivity index (χ1n) is 8.98. The number of hydrogen-bond acceptors (Lipinski definition) is 2. The van der Waals surface area contributed by atoms with Gasteiger partial charge in [-0.15, -0.1) is 24.0 Å². The van der Waals surface area contributed by atoms with Gasteiger partial charge in [0.1, 0.15) is 0 Å². The molecule has 136 valence electrons. The van der Waals surface area contributed by atoms with Crippen LogP contribution in [0.4, 0.5) is 0 Å². The standard InChI is InChI=1S/C19H32N4.HI/c1-4-20-19(21-12-14-22(3)5-2)23-13-11-18(16-23)15-17-9-7-6-8-10-17;/h6-10,18H,4-5,11-16H2,1-3H3,(H,20,21);1H. The average molecular weight is 444 g/mol. The van der Waals surface area contributed by atoms with E-state index in [0.29, 0.717) is 0 Å². The second-order valence-corrected chi connectivity index (χ2v) is 6.42. The zero-order valence-corrected chi connectivity index (χ0v) is 17.7. The zero-order valence-electron chi connectivity index (χ0n) is 15.4. The summed E-state index contributed by atoms with van der Waals surface area (Å²) in [7, 11) is 2.15. The molecule has 1 aromatic rings. The van der Waals surface area contributed by atoms with Crippen LogP contribution in [0.5, 0.6) is 0 Å². The third-order valence-electron chi connectivity index (χ3n) is 4.57. The maximum atomic E-state index is 4.81. The fraction of sp³-hybridized carbons (Fsp3) is 0.632. The van der Waals surface area contributed by atoms with Crippen molar-refractivity contribution in [1.82, 2.24) is 15.1 Å². The first-order chi connectivity index (χ1) is 11.2. The molecule has 1 unspecified atom stereocenters. The third kappa shape index (κ3) is 6.97. The highest BCUT2D eigenvalue weighted by atomic mass is 127. The molecule has 0 saturated carbocycles.